The molecule has 1 N–H and O–H groups in total. The van der Waals surface area contributed by atoms with E-state index in [0.29, 0.717) is 32.6 Å². The van der Waals surface area contributed by atoms with Crippen LogP contribution in [0.2, 0.25) is 0 Å². The maximum Gasteiger partial charge on any atom is 0.317 e. The zero-order valence-electron chi connectivity index (χ0n) is 18.5. The number of aromatic nitrogens is 2. The molecular weight excluding hydrogens is 366 g/mol. The highest BCUT2D eigenvalue weighted by atomic mass is 16.2. The van der Waals surface area contributed by atoms with Crippen molar-refractivity contribution in [3.8, 4) is 0 Å². The van der Waals surface area contributed by atoms with Gasteiger partial charge in [0.2, 0.25) is 5.91 Å². The van der Waals surface area contributed by atoms with Gasteiger partial charge < -0.3 is 15.1 Å². The fraction of sp³-hybridized carbons (Fsp3) is 0.773. The number of hydrogen-bond donors (Lipinski definition) is 1. The van der Waals surface area contributed by atoms with Crippen LogP contribution in [-0.4, -0.2) is 57.7 Å². The van der Waals surface area contributed by atoms with E-state index in [9.17, 15) is 9.59 Å². The standard InChI is InChI=1S/C22H37N5O2/c1-16(21-17(2)24-25(4)18(21)3)23-22(29)27-14-12-26(13-15-27)20(28)11-10-19-8-6-5-7-9-19/h16,19H,5-15H2,1-4H3,(H,23,29)/t16-/m0/s1. The second kappa shape index (κ2) is 9.63. The summed E-state index contributed by atoms with van der Waals surface area (Å²) in [7, 11) is 1.92. The van der Waals surface area contributed by atoms with Gasteiger partial charge in [0.15, 0.2) is 0 Å². The molecule has 0 radical (unpaired) electrons. The van der Waals surface area contributed by atoms with Crippen molar-refractivity contribution in [2.45, 2.75) is 71.8 Å². The Labute approximate surface area is 174 Å². The number of urea groups is 1. The van der Waals surface area contributed by atoms with Gasteiger partial charge in [0.05, 0.1) is 11.7 Å². The molecule has 1 aliphatic carbocycles. The highest BCUT2D eigenvalue weighted by molar-refractivity contribution is 5.78. The molecule has 1 aliphatic heterocycles. The first-order valence-electron chi connectivity index (χ1n) is 11.2. The number of hydrogen-bond acceptors (Lipinski definition) is 3. The molecule has 2 fully saturated rings. The van der Waals surface area contributed by atoms with Crippen LogP contribution in [0, 0.1) is 19.8 Å². The molecule has 7 heteroatoms. The second-order valence-corrected chi connectivity index (χ2v) is 8.79. The molecular formula is C22H37N5O2. The normalized spacial score (nSPS) is 19.3. The molecule has 29 heavy (non-hydrogen) atoms. The maximum absolute atomic E-state index is 12.7. The van der Waals surface area contributed by atoms with Crippen LogP contribution in [0.3, 0.4) is 0 Å². The van der Waals surface area contributed by atoms with Gasteiger partial charge >= 0.3 is 6.03 Å². The topological polar surface area (TPSA) is 70.5 Å². The molecule has 3 rings (SSSR count). The molecule has 1 saturated heterocycles. The second-order valence-electron chi connectivity index (χ2n) is 8.79. The van der Waals surface area contributed by atoms with Crippen molar-refractivity contribution in [3.63, 3.8) is 0 Å². The molecule has 2 heterocycles. The zero-order valence-corrected chi connectivity index (χ0v) is 18.5. The average Bonchev–Trinajstić information content (AvgIpc) is 2.98. The van der Waals surface area contributed by atoms with E-state index in [2.05, 4.69) is 10.4 Å². The Morgan fingerprint density at radius 2 is 1.69 bits per heavy atom. The van der Waals surface area contributed by atoms with E-state index in [1.165, 1.54) is 32.1 Å². The molecule has 7 nitrogen and oxygen atoms in total. The monoisotopic (exact) mass is 403 g/mol. The molecule has 3 amide bonds. The summed E-state index contributed by atoms with van der Waals surface area (Å²) in [6.07, 6.45) is 8.26. The number of aryl methyl sites for hydroxylation is 2. The van der Waals surface area contributed by atoms with Crippen molar-refractivity contribution in [3.05, 3.63) is 17.0 Å². The lowest BCUT2D eigenvalue weighted by Crippen LogP contribution is -2.53. The van der Waals surface area contributed by atoms with Crippen molar-refractivity contribution in [1.29, 1.82) is 0 Å². The van der Waals surface area contributed by atoms with Crippen molar-refractivity contribution in [1.82, 2.24) is 24.9 Å². The highest BCUT2D eigenvalue weighted by Crippen LogP contribution is 2.27. The Morgan fingerprint density at radius 1 is 1.07 bits per heavy atom. The fourth-order valence-corrected chi connectivity index (χ4v) is 4.89. The Balaban J connectivity index is 1.43. The van der Waals surface area contributed by atoms with E-state index < -0.39 is 0 Å². The van der Waals surface area contributed by atoms with Gasteiger partial charge in [-0.2, -0.15) is 5.10 Å². The van der Waals surface area contributed by atoms with Gasteiger partial charge in [-0.25, -0.2) is 4.79 Å². The van der Waals surface area contributed by atoms with Gasteiger partial charge in [0.25, 0.3) is 0 Å². The summed E-state index contributed by atoms with van der Waals surface area (Å²) in [6, 6.07) is -0.152. The number of carbonyl (C=O) groups is 2. The van der Waals surface area contributed by atoms with E-state index in [4.69, 9.17) is 0 Å². The van der Waals surface area contributed by atoms with Gasteiger partial charge in [-0.05, 0) is 33.1 Å². The fourth-order valence-electron chi connectivity index (χ4n) is 4.89. The quantitative estimate of drug-likeness (QED) is 0.820. The van der Waals surface area contributed by atoms with Crippen molar-refractivity contribution < 1.29 is 9.59 Å². The molecule has 2 aliphatic rings. The minimum atomic E-state index is -0.0913. The van der Waals surface area contributed by atoms with Gasteiger partial charge in [0.1, 0.15) is 0 Å². The van der Waals surface area contributed by atoms with Gasteiger partial charge in [-0.3, -0.25) is 9.48 Å². The summed E-state index contributed by atoms with van der Waals surface area (Å²) in [6.45, 7) is 8.46. The summed E-state index contributed by atoms with van der Waals surface area (Å²) in [5.74, 6) is 0.992. The molecule has 1 saturated carbocycles. The minimum Gasteiger partial charge on any atom is -0.339 e. The zero-order chi connectivity index (χ0) is 21.0. The van der Waals surface area contributed by atoms with E-state index >= 15 is 0 Å². The van der Waals surface area contributed by atoms with Crippen LogP contribution in [0.5, 0.6) is 0 Å². The molecule has 0 aromatic carbocycles. The third-order valence-electron chi connectivity index (χ3n) is 6.75. The SMILES string of the molecule is Cc1nn(C)c(C)c1[C@H](C)NC(=O)N1CCN(C(=O)CCC2CCCCC2)CC1. The Bertz CT molecular complexity index is 715. The van der Waals surface area contributed by atoms with Crippen LogP contribution in [-0.2, 0) is 11.8 Å². The Kier molecular flexibility index (Phi) is 7.19. The number of nitrogens with zero attached hydrogens (tertiary/aromatic N) is 4. The molecule has 0 bridgehead atoms. The van der Waals surface area contributed by atoms with Crippen LogP contribution < -0.4 is 5.32 Å². The lowest BCUT2D eigenvalue weighted by Gasteiger charge is -2.35. The van der Waals surface area contributed by atoms with Crippen LogP contribution in [0.1, 0.15) is 74.9 Å². The number of carbonyl (C=O) groups excluding carboxylic acids is 2. The summed E-state index contributed by atoms with van der Waals surface area (Å²) in [5.41, 5.74) is 3.10. The first-order valence-corrected chi connectivity index (χ1v) is 11.2. The van der Waals surface area contributed by atoms with E-state index in [1.807, 2.05) is 42.3 Å². The first-order chi connectivity index (χ1) is 13.9. The molecule has 0 unspecified atom stereocenters. The maximum atomic E-state index is 12.7. The van der Waals surface area contributed by atoms with Crippen molar-refractivity contribution in [2.75, 3.05) is 26.2 Å². The van der Waals surface area contributed by atoms with Crippen LogP contribution in [0.25, 0.3) is 0 Å². The molecule has 0 spiro atoms. The Hall–Kier alpha value is -2.05. The smallest absolute Gasteiger partial charge is 0.317 e. The summed E-state index contributed by atoms with van der Waals surface area (Å²) in [5, 5.41) is 7.54. The Morgan fingerprint density at radius 3 is 2.28 bits per heavy atom. The van der Waals surface area contributed by atoms with E-state index in [-0.39, 0.29) is 18.0 Å². The number of rotatable bonds is 5. The number of amides is 3. The van der Waals surface area contributed by atoms with Crippen molar-refractivity contribution >= 4 is 11.9 Å². The summed E-state index contributed by atoms with van der Waals surface area (Å²) in [4.78, 5) is 29.0. The van der Waals surface area contributed by atoms with Crippen molar-refractivity contribution in [2.24, 2.45) is 13.0 Å². The van der Waals surface area contributed by atoms with Gasteiger partial charge in [-0.15, -0.1) is 0 Å². The predicted octanol–water partition coefficient (Wildman–Crippen LogP) is 3.31. The minimum absolute atomic E-state index is 0.0607. The lowest BCUT2D eigenvalue weighted by atomic mass is 9.86. The third kappa shape index (κ3) is 5.31. The summed E-state index contributed by atoms with van der Waals surface area (Å²) >= 11 is 0. The van der Waals surface area contributed by atoms with E-state index in [0.717, 1.165) is 29.3 Å². The predicted molar refractivity (Wildman–Crippen MR) is 114 cm³/mol. The highest BCUT2D eigenvalue weighted by Gasteiger charge is 2.26. The van der Waals surface area contributed by atoms with E-state index in [1.54, 1.807) is 0 Å². The molecule has 1 aromatic heterocycles. The summed E-state index contributed by atoms with van der Waals surface area (Å²) < 4.78 is 1.85. The average molecular weight is 404 g/mol. The van der Waals surface area contributed by atoms with Gasteiger partial charge in [-0.1, -0.05) is 32.1 Å². The molecule has 162 valence electrons. The lowest BCUT2D eigenvalue weighted by molar-refractivity contribution is -0.133. The largest absolute Gasteiger partial charge is 0.339 e. The third-order valence-corrected chi connectivity index (χ3v) is 6.75. The van der Waals surface area contributed by atoms with Crippen LogP contribution in [0.4, 0.5) is 4.79 Å². The van der Waals surface area contributed by atoms with Crippen LogP contribution in [0.15, 0.2) is 0 Å². The van der Waals surface area contributed by atoms with Crippen LogP contribution >= 0.6 is 0 Å². The molecule has 1 atom stereocenters. The number of nitrogens with one attached hydrogen (secondary N) is 1. The number of piperazine rings is 1. The van der Waals surface area contributed by atoms with Gasteiger partial charge in [0, 0.05) is 50.9 Å². The molecule has 1 aromatic rings. The first kappa shape index (κ1) is 21.7.